The molecule has 0 radical (unpaired) electrons. The normalized spacial score (nSPS) is 10.8. The molecule has 0 aliphatic rings. The number of imidazole rings is 1. The number of hydrogen-bond acceptors (Lipinski definition) is 3. The minimum atomic E-state index is -0.440. The number of ether oxygens (including phenoxy) is 1. The summed E-state index contributed by atoms with van der Waals surface area (Å²) in [5.74, 6) is 0.832. The topological polar surface area (TPSA) is 56.2 Å². The third kappa shape index (κ3) is 3.40. The number of aromatic nitrogens is 2. The number of nitrogens with one attached hydrogen (secondary N) is 1. The predicted molar refractivity (Wildman–Crippen MR) is 93.6 cm³/mol. The van der Waals surface area contributed by atoms with Crippen LogP contribution in [-0.4, -0.2) is 15.6 Å². The molecule has 0 saturated heterocycles. The van der Waals surface area contributed by atoms with Crippen molar-refractivity contribution in [2.45, 2.75) is 33.5 Å². The zero-order valence-corrected chi connectivity index (χ0v) is 14.0. The van der Waals surface area contributed by atoms with E-state index in [1.165, 1.54) is 0 Å². The minimum Gasteiger partial charge on any atom is -0.445 e. The Morgan fingerprint density at radius 3 is 2.71 bits per heavy atom. The van der Waals surface area contributed by atoms with Gasteiger partial charge in [-0.05, 0) is 31.0 Å². The van der Waals surface area contributed by atoms with E-state index < -0.39 is 6.09 Å². The van der Waals surface area contributed by atoms with Gasteiger partial charge in [0.1, 0.15) is 12.4 Å². The second-order valence-electron chi connectivity index (χ2n) is 5.63. The van der Waals surface area contributed by atoms with Crippen molar-refractivity contribution in [3.8, 4) is 0 Å². The largest absolute Gasteiger partial charge is 0.445 e. The number of amides is 1. The van der Waals surface area contributed by atoms with Crippen LogP contribution in [0.4, 0.5) is 4.79 Å². The number of benzene rings is 2. The monoisotopic (exact) mass is 323 g/mol. The number of aryl methyl sites for hydroxylation is 2. The smallest absolute Gasteiger partial charge is 0.407 e. The number of alkyl carbamates (subject to hydrolysis) is 1. The number of hydrogen-bond donors (Lipinski definition) is 1. The lowest BCUT2D eigenvalue weighted by atomic mass is 10.2. The van der Waals surface area contributed by atoms with E-state index in [1.807, 2.05) is 49.4 Å². The van der Waals surface area contributed by atoms with Crippen molar-refractivity contribution < 1.29 is 9.53 Å². The van der Waals surface area contributed by atoms with Crippen LogP contribution in [0.3, 0.4) is 0 Å². The lowest BCUT2D eigenvalue weighted by molar-refractivity contribution is 0.138. The molecule has 5 nitrogen and oxygen atoms in total. The van der Waals surface area contributed by atoms with Gasteiger partial charge in [0.25, 0.3) is 0 Å². The molecule has 0 atom stereocenters. The van der Waals surface area contributed by atoms with Crippen LogP contribution in [0.1, 0.15) is 23.9 Å². The number of para-hydroxylation sites is 1. The molecule has 124 valence electrons. The van der Waals surface area contributed by atoms with Crippen LogP contribution in [0.15, 0.2) is 48.5 Å². The first kappa shape index (κ1) is 16.1. The first-order chi connectivity index (χ1) is 11.7. The second-order valence-corrected chi connectivity index (χ2v) is 5.63. The van der Waals surface area contributed by atoms with Crippen LogP contribution in [0, 0.1) is 6.92 Å². The summed E-state index contributed by atoms with van der Waals surface area (Å²) in [6.07, 6.45) is -0.440. The number of carbonyl (C=O) groups is 1. The summed E-state index contributed by atoms with van der Waals surface area (Å²) in [4.78, 5) is 16.6. The summed E-state index contributed by atoms with van der Waals surface area (Å²) in [6.45, 7) is 5.52. The van der Waals surface area contributed by atoms with Gasteiger partial charge in [-0.25, -0.2) is 9.78 Å². The van der Waals surface area contributed by atoms with Gasteiger partial charge < -0.3 is 14.6 Å². The van der Waals surface area contributed by atoms with Gasteiger partial charge in [-0.3, -0.25) is 0 Å². The van der Waals surface area contributed by atoms with Crippen LogP contribution >= 0.6 is 0 Å². The lowest BCUT2D eigenvalue weighted by Crippen LogP contribution is -2.25. The van der Waals surface area contributed by atoms with Crippen molar-refractivity contribution >= 4 is 17.1 Å². The molecule has 0 unspecified atom stereocenters. The summed E-state index contributed by atoms with van der Waals surface area (Å²) < 4.78 is 7.34. The van der Waals surface area contributed by atoms with Gasteiger partial charge in [0.15, 0.2) is 0 Å². The van der Waals surface area contributed by atoms with E-state index in [4.69, 9.17) is 4.74 Å². The van der Waals surface area contributed by atoms with Gasteiger partial charge in [-0.2, -0.15) is 0 Å². The standard InChI is InChI=1S/C19H21N3O2/c1-3-22-16-11-7-8-14(2)18(16)21-17(22)12-20-19(23)24-13-15-9-5-4-6-10-15/h4-11H,3,12-13H2,1-2H3,(H,20,23). The van der Waals surface area contributed by atoms with Crippen LogP contribution < -0.4 is 5.32 Å². The molecule has 3 rings (SSSR count). The number of nitrogens with zero attached hydrogens (tertiary/aromatic N) is 2. The highest BCUT2D eigenvalue weighted by atomic mass is 16.5. The van der Waals surface area contributed by atoms with E-state index in [0.29, 0.717) is 6.54 Å². The van der Waals surface area contributed by atoms with Crippen molar-refractivity contribution in [2.24, 2.45) is 0 Å². The summed E-state index contributed by atoms with van der Waals surface area (Å²) in [5.41, 5.74) is 4.16. The number of carbonyl (C=O) groups excluding carboxylic acids is 1. The van der Waals surface area contributed by atoms with E-state index in [2.05, 4.69) is 27.9 Å². The van der Waals surface area contributed by atoms with Crippen LogP contribution in [-0.2, 0) is 24.4 Å². The molecule has 0 spiro atoms. The summed E-state index contributed by atoms with van der Waals surface area (Å²) in [5, 5.41) is 2.78. The number of fused-ring (bicyclic) bond motifs is 1. The molecule has 1 amide bonds. The molecule has 0 aliphatic heterocycles. The molecular formula is C19H21N3O2. The molecule has 0 bridgehead atoms. The van der Waals surface area contributed by atoms with E-state index in [-0.39, 0.29) is 6.61 Å². The first-order valence-corrected chi connectivity index (χ1v) is 8.08. The Hall–Kier alpha value is -2.82. The average molecular weight is 323 g/mol. The highest BCUT2D eigenvalue weighted by Crippen LogP contribution is 2.19. The van der Waals surface area contributed by atoms with Gasteiger partial charge in [-0.1, -0.05) is 42.5 Å². The molecule has 0 aliphatic carbocycles. The Morgan fingerprint density at radius 1 is 1.17 bits per heavy atom. The zero-order chi connectivity index (χ0) is 16.9. The highest BCUT2D eigenvalue weighted by molar-refractivity contribution is 5.79. The Balaban J connectivity index is 1.65. The predicted octanol–water partition coefficient (Wildman–Crippen LogP) is 3.79. The van der Waals surface area contributed by atoms with Crippen molar-refractivity contribution in [3.63, 3.8) is 0 Å². The third-order valence-corrected chi connectivity index (χ3v) is 3.98. The maximum atomic E-state index is 11.9. The van der Waals surface area contributed by atoms with E-state index in [0.717, 1.165) is 34.5 Å². The fraction of sp³-hybridized carbons (Fsp3) is 0.263. The fourth-order valence-corrected chi connectivity index (χ4v) is 2.75. The average Bonchev–Trinajstić information content (AvgIpc) is 2.98. The van der Waals surface area contributed by atoms with E-state index in [1.54, 1.807) is 0 Å². The first-order valence-electron chi connectivity index (χ1n) is 8.08. The summed E-state index contributed by atoms with van der Waals surface area (Å²) >= 11 is 0. The van der Waals surface area contributed by atoms with Gasteiger partial charge in [0.2, 0.25) is 0 Å². The Kier molecular flexibility index (Phi) is 4.79. The Labute approximate surface area is 141 Å². The SMILES string of the molecule is CCn1c(CNC(=O)OCc2ccccc2)nc2c(C)cccc21. The van der Waals surface area contributed by atoms with Crippen molar-refractivity contribution in [3.05, 3.63) is 65.5 Å². The molecular weight excluding hydrogens is 302 g/mol. The van der Waals surface area contributed by atoms with Crippen LogP contribution in [0.25, 0.3) is 11.0 Å². The van der Waals surface area contributed by atoms with Gasteiger partial charge >= 0.3 is 6.09 Å². The Morgan fingerprint density at radius 2 is 1.96 bits per heavy atom. The maximum Gasteiger partial charge on any atom is 0.407 e. The maximum absolute atomic E-state index is 11.9. The summed E-state index contributed by atoms with van der Waals surface area (Å²) in [6, 6.07) is 15.7. The molecule has 0 saturated carbocycles. The van der Waals surface area contributed by atoms with Crippen LogP contribution in [0.5, 0.6) is 0 Å². The molecule has 0 fully saturated rings. The molecule has 24 heavy (non-hydrogen) atoms. The number of rotatable bonds is 5. The van der Waals surface area contributed by atoms with E-state index >= 15 is 0 Å². The van der Waals surface area contributed by atoms with Crippen molar-refractivity contribution in [1.82, 2.24) is 14.9 Å². The van der Waals surface area contributed by atoms with E-state index in [9.17, 15) is 4.79 Å². The lowest BCUT2D eigenvalue weighted by Gasteiger charge is -2.08. The highest BCUT2D eigenvalue weighted by Gasteiger charge is 2.12. The fourth-order valence-electron chi connectivity index (χ4n) is 2.75. The second kappa shape index (κ2) is 7.17. The summed E-state index contributed by atoms with van der Waals surface area (Å²) in [7, 11) is 0. The molecule has 1 heterocycles. The van der Waals surface area contributed by atoms with Crippen molar-refractivity contribution in [2.75, 3.05) is 0 Å². The molecule has 1 aromatic heterocycles. The molecule has 3 aromatic rings. The Bertz CT molecular complexity index is 840. The van der Waals surface area contributed by atoms with Gasteiger partial charge in [0.05, 0.1) is 17.6 Å². The van der Waals surface area contributed by atoms with Gasteiger partial charge in [0, 0.05) is 6.54 Å². The van der Waals surface area contributed by atoms with Crippen LogP contribution in [0.2, 0.25) is 0 Å². The molecule has 1 N–H and O–H groups in total. The zero-order valence-electron chi connectivity index (χ0n) is 14.0. The quantitative estimate of drug-likeness (QED) is 0.777. The van der Waals surface area contributed by atoms with Crippen molar-refractivity contribution in [1.29, 1.82) is 0 Å². The molecule has 2 aromatic carbocycles. The van der Waals surface area contributed by atoms with Gasteiger partial charge in [-0.15, -0.1) is 0 Å². The molecule has 5 heteroatoms. The minimum absolute atomic E-state index is 0.260. The third-order valence-electron chi connectivity index (χ3n) is 3.98.